The van der Waals surface area contributed by atoms with Crippen LogP contribution in [0.5, 0.6) is 0 Å². The zero-order valence-electron chi connectivity index (χ0n) is 10.8. The van der Waals surface area contributed by atoms with Gasteiger partial charge in [0.1, 0.15) is 0 Å². The SMILES string of the molecule is O=C(Nc1ccc(Br)cc1)N(CCO)c1ccccc1. The minimum atomic E-state index is -0.271. The number of amides is 2. The van der Waals surface area contributed by atoms with Crippen molar-refractivity contribution in [3.05, 3.63) is 59.1 Å². The molecule has 0 spiro atoms. The van der Waals surface area contributed by atoms with Gasteiger partial charge in [-0.05, 0) is 36.4 Å². The van der Waals surface area contributed by atoms with Gasteiger partial charge in [0.25, 0.3) is 0 Å². The first-order valence-electron chi connectivity index (χ1n) is 6.20. The Morgan fingerprint density at radius 3 is 2.35 bits per heavy atom. The topological polar surface area (TPSA) is 52.6 Å². The lowest BCUT2D eigenvalue weighted by molar-refractivity contribution is 0.252. The summed E-state index contributed by atoms with van der Waals surface area (Å²) in [6, 6.07) is 16.3. The van der Waals surface area contributed by atoms with Crippen LogP contribution >= 0.6 is 15.9 Å². The molecule has 2 N–H and O–H groups in total. The fraction of sp³-hybridized carbons (Fsp3) is 0.133. The quantitative estimate of drug-likeness (QED) is 0.899. The van der Waals surface area contributed by atoms with E-state index < -0.39 is 0 Å². The lowest BCUT2D eigenvalue weighted by Crippen LogP contribution is -2.37. The third kappa shape index (κ3) is 3.82. The Morgan fingerprint density at radius 2 is 1.75 bits per heavy atom. The maximum Gasteiger partial charge on any atom is 0.326 e. The summed E-state index contributed by atoms with van der Waals surface area (Å²) >= 11 is 3.35. The largest absolute Gasteiger partial charge is 0.395 e. The Kier molecular flexibility index (Phi) is 5.15. The second kappa shape index (κ2) is 7.07. The summed E-state index contributed by atoms with van der Waals surface area (Å²) in [4.78, 5) is 13.8. The molecule has 2 aromatic rings. The summed E-state index contributed by atoms with van der Waals surface area (Å²) in [6.07, 6.45) is 0. The van der Waals surface area contributed by atoms with E-state index in [0.717, 1.165) is 10.2 Å². The number of benzene rings is 2. The predicted octanol–water partition coefficient (Wildman–Crippen LogP) is 3.48. The normalized spacial score (nSPS) is 10.1. The molecular weight excluding hydrogens is 320 g/mol. The second-order valence-electron chi connectivity index (χ2n) is 4.15. The summed E-state index contributed by atoms with van der Waals surface area (Å²) in [6.45, 7) is 0.148. The number of nitrogens with zero attached hydrogens (tertiary/aromatic N) is 1. The molecule has 0 bridgehead atoms. The van der Waals surface area contributed by atoms with Crippen LogP contribution in [0.15, 0.2) is 59.1 Å². The highest BCUT2D eigenvalue weighted by molar-refractivity contribution is 9.10. The maximum absolute atomic E-state index is 12.3. The summed E-state index contributed by atoms with van der Waals surface area (Å²) in [7, 11) is 0. The number of carbonyl (C=O) groups excluding carboxylic acids is 1. The Hall–Kier alpha value is -1.85. The van der Waals surface area contributed by atoms with E-state index in [1.165, 1.54) is 4.90 Å². The lowest BCUT2D eigenvalue weighted by atomic mass is 10.3. The molecule has 0 aliphatic carbocycles. The van der Waals surface area contributed by atoms with Crippen LogP contribution in [0.1, 0.15) is 0 Å². The molecule has 0 fully saturated rings. The van der Waals surface area contributed by atoms with Gasteiger partial charge in [0.2, 0.25) is 0 Å². The van der Waals surface area contributed by atoms with Crippen molar-refractivity contribution in [3.63, 3.8) is 0 Å². The first-order chi connectivity index (χ1) is 9.70. The molecule has 5 heteroatoms. The molecule has 2 aromatic carbocycles. The molecule has 2 amide bonds. The van der Waals surface area contributed by atoms with E-state index in [9.17, 15) is 4.79 Å². The standard InChI is InChI=1S/C15H15BrN2O2/c16-12-6-8-13(9-7-12)17-15(20)18(10-11-19)14-4-2-1-3-5-14/h1-9,19H,10-11H2,(H,17,20). The first-order valence-corrected chi connectivity index (χ1v) is 7.00. The van der Waals surface area contributed by atoms with Crippen LogP contribution in [0.25, 0.3) is 0 Å². The Morgan fingerprint density at radius 1 is 1.10 bits per heavy atom. The average molecular weight is 335 g/mol. The van der Waals surface area contributed by atoms with Crippen LogP contribution in [-0.2, 0) is 0 Å². The number of carbonyl (C=O) groups is 1. The number of para-hydroxylation sites is 1. The van der Waals surface area contributed by atoms with E-state index >= 15 is 0 Å². The minimum Gasteiger partial charge on any atom is -0.395 e. The summed E-state index contributed by atoms with van der Waals surface area (Å²) < 4.78 is 0.950. The molecule has 0 radical (unpaired) electrons. The third-order valence-electron chi connectivity index (χ3n) is 2.73. The maximum atomic E-state index is 12.3. The second-order valence-corrected chi connectivity index (χ2v) is 5.06. The molecule has 0 saturated carbocycles. The van der Waals surface area contributed by atoms with Gasteiger partial charge in [-0.15, -0.1) is 0 Å². The van der Waals surface area contributed by atoms with E-state index in [-0.39, 0.29) is 19.2 Å². The van der Waals surface area contributed by atoms with Crippen molar-refractivity contribution in [1.82, 2.24) is 0 Å². The monoisotopic (exact) mass is 334 g/mol. The molecule has 0 unspecified atom stereocenters. The van der Waals surface area contributed by atoms with Gasteiger partial charge in [0, 0.05) is 15.8 Å². The molecular formula is C15H15BrN2O2. The molecule has 0 saturated heterocycles. The van der Waals surface area contributed by atoms with E-state index in [2.05, 4.69) is 21.2 Å². The van der Waals surface area contributed by atoms with E-state index in [1.807, 2.05) is 54.6 Å². The van der Waals surface area contributed by atoms with Crippen LogP contribution in [0.3, 0.4) is 0 Å². The molecule has 20 heavy (non-hydrogen) atoms. The van der Waals surface area contributed by atoms with Crippen molar-refractivity contribution in [2.45, 2.75) is 0 Å². The number of anilines is 2. The van der Waals surface area contributed by atoms with Crippen LogP contribution in [-0.4, -0.2) is 24.3 Å². The van der Waals surface area contributed by atoms with Crippen molar-refractivity contribution in [1.29, 1.82) is 0 Å². The molecule has 0 atom stereocenters. The summed E-state index contributed by atoms with van der Waals surface area (Å²) in [5.74, 6) is 0. The van der Waals surface area contributed by atoms with Crippen molar-refractivity contribution in [2.24, 2.45) is 0 Å². The van der Waals surface area contributed by atoms with Gasteiger partial charge in [-0.25, -0.2) is 4.79 Å². The Balaban J connectivity index is 2.13. The molecule has 0 aliphatic rings. The van der Waals surface area contributed by atoms with Gasteiger partial charge in [-0.1, -0.05) is 34.1 Å². The van der Waals surface area contributed by atoms with Gasteiger partial charge in [-0.3, -0.25) is 4.90 Å². The fourth-order valence-electron chi connectivity index (χ4n) is 1.78. The van der Waals surface area contributed by atoms with Crippen LogP contribution in [0.4, 0.5) is 16.2 Å². The van der Waals surface area contributed by atoms with Gasteiger partial charge in [0.15, 0.2) is 0 Å². The highest BCUT2D eigenvalue weighted by atomic mass is 79.9. The zero-order valence-corrected chi connectivity index (χ0v) is 12.4. The summed E-state index contributed by atoms with van der Waals surface area (Å²) in [5, 5.41) is 11.9. The van der Waals surface area contributed by atoms with Crippen LogP contribution in [0, 0.1) is 0 Å². The number of hydrogen-bond acceptors (Lipinski definition) is 2. The number of aliphatic hydroxyl groups is 1. The number of hydrogen-bond donors (Lipinski definition) is 2. The first kappa shape index (κ1) is 14.6. The van der Waals surface area contributed by atoms with E-state index in [4.69, 9.17) is 5.11 Å². The van der Waals surface area contributed by atoms with Crippen molar-refractivity contribution < 1.29 is 9.90 Å². The molecule has 0 aliphatic heterocycles. The van der Waals surface area contributed by atoms with Crippen molar-refractivity contribution in [3.8, 4) is 0 Å². The molecule has 0 aromatic heterocycles. The number of rotatable bonds is 4. The van der Waals surface area contributed by atoms with Crippen molar-refractivity contribution >= 4 is 33.3 Å². The average Bonchev–Trinajstić information content (AvgIpc) is 2.48. The highest BCUT2D eigenvalue weighted by Gasteiger charge is 2.14. The Labute approximate surface area is 126 Å². The van der Waals surface area contributed by atoms with Gasteiger partial charge >= 0.3 is 6.03 Å². The predicted molar refractivity (Wildman–Crippen MR) is 84.0 cm³/mol. The molecule has 104 valence electrons. The third-order valence-corrected chi connectivity index (χ3v) is 3.26. The van der Waals surface area contributed by atoms with Crippen LogP contribution < -0.4 is 10.2 Å². The van der Waals surface area contributed by atoms with Crippen molar-refractivity contribution in [2.75, 3.05) is 23.4 Å². The number of nitrogens with one attached hydrogen (secondary N) is 1. The number of urea groups is 1. The number of halogens is 1. The molecule has 0 heterocycles. The summed E-state index contributed by atoms with van der Waals surface area (Å²) in [5.41, 5.74) is 1.45. The fourth-order valence-corrected chi connectivity index (χ4v) is 2.04. The van der Waals surface area contributed by atoms with E-state index in [1.54, 1.807) is 0 Å². The molecule has 2 rings (SSSR count). The van der Waals surface area contributed by atoms with Gasteiger partial charge < -0.3 is 10.4 Å². The smallest absolute Gasteiger partial charge is 0.326 e. The number of aliphatic hydroxyl groups excluding tert-OH is 1. The van der Waals surface area contributed by atoms with Gasteiger partial charge in [0.05, 0.1) is 13.2 Å². The zero-order chi connectivity index (χ0) is 14.4. The van der Waals surface area contributed by atoms with Gasteiger partial charge in [-0.2, -0.15) is 0 Å². The molecule has 4 nitrogen and oxygen atoms in total. The minimum absolute atomic E-state index is 0.0946. The lowest BCUT2D eigenvalue weighted by Gasteiger charge is -2.22. The Bertz CT molecular complexity index is 558. The van der Waals surface area contributed by atoms with Crippen LogP contribution in [0.2, 0.25) is 0 Å². The van der Waals surface area contributed by atoms with E-state index in [0.29, 0.717) is 5.69 Å². The highest BCUT2D eigenvalue weighted by Crippen LogP contribution is 2.17.